The Labute approximate surface area is 243 Å². The first kappa shape index (κ1) is 28.0. The van der Waals surface area contributed by atoms with Crippen LogP contribution < -0.4 is 16.0 Å². The number of pyridine rings is 1. The second kappa shape index (κ2) is 12.7. The van der Waals surface area contributed by atoms with Gasteiger partial charge in [0.15, 0.2) is 0 Å². The Hall–Kier alpha value is -4.58. The Morgan fingerprint density at radius 1 is 1.00 bits per heavy atom. The number of anilines is 1. The lowest BCUT2D eigenvalue weighted by molar-refractivity contribution is 0.422. The van der Waals surface area contributed by atoms with E-state index in [4.69, 9.17) is 10.7 Å². The second-order valence-corrected chi connectivity index (χ2v) is 10.6. The summed E-state index contributed by atoms with van der Waals surface area (Å²) in [5.74, 6) is 1.19. The third kappa shape index (κ3) is 6.27. The minimum atomic E-state index is 0.133. The number of benzene rings is 3. The number of rotatable bonds is 10. The molecule has 0 spiro atoms. The normalized spacial score (nSPS) is 14.1. The molecule has 0 bridgehead atoms. The number of nitrogens with two attached hydrogens (primary N) is 1. The van der Waals surface area contributed by atoms with E-state index in [-0.39, 0.29) is 5.92 Å². The number of aliphatic imine (C=N–C) groups is 1. The van der Waals surface area contributed by atoms with Gasteiger partial charge in [0.1, 0.15) is 5.82 Å². The molecule has 0 aliphatic carbocycles. The number of fused-ring (bicyclic) bond motifs is 1. The molecule has 1 aliphatic rings. The summed E-state index contributed by atoms with van der Waals surface area (Å²) >= 11 is 0. The van der Waals surface area contributed by atoms with E-state index >= 15 is 0 Å². The van der Waals surface area contributed by atoms with E-state index in [1.165, 1.54) is 39.7 Å². The number of hydrogen-bond acceptors (Lipinski definition) is 6. The predicted octanol–water partition coefficient (Wildman–Crippen LogP) is 6.62. The van der Waals surface area contributed by atoms with Crippen molar-refractivity contribution >= 4 is 28.6 Å². The van der Waals surface area contributed by atoms with Crippen molar-refractivity contribution in [2.45, 2.75) is 33.1 Å². The number of likely N-dealkylation sites (N-methyl/N-ethyl adjacent to an activating group) is 1. The highest BCUT2D eigenvalue weighted by Gasteiger charge is 2.25. The molecule has 0 amide bonds. The molecule has 0 saturated carbocycles. The summed E-state index contributed by atoms with van der Waals surface area (Å²) in [5.41, 5.74) is 14.9. The first-order chi connectivity index (χ1) is 20.0. The molecule has 1 atom stereocenters. The van der Waals surface area contributed by atoms with E-state index < -0.39 is 0 Å². The zero-order valence-electron chi connectivity index (χ0n) is 24.5. The van der Waals surface area contributed by atoms with Crippen molar-refractivity contribution in [3.05, 3.63) is 125 Å². The van der Waals surface area contributed by atoms with Gasteiger partial charge in [-0.2, -0.15) is 0 Å². The molecule has 4 aromatic rings. The van der Waals surface area contributed by atoms with E-state index in [2.05, 4.69) is 115 Å². The molecule has 3 N–H and O–H groups in total. The first-order valence-electron chi connectivity index (χ1n) is 14.4. The topological polar surface area (TPSA) is 69.8 Å². The average Bonchev–Trinajstić information content (AvgIpc) is 3.41. The second-order valence-electron chi connectivity index (χ2n) is 10.6. The lowest BCUT2D eigenvalue weighted by atomic mass is 9.87. The predicted molar refractivity (Wildman–Crippen MR) is 173 cm³/mol. The van der Waals surface area contributed by atoms with Gasteiger partial charge in [0, 0.05) is 50.1 Å². The lowest BCUT2D eigenvalue weighted by Gasteiger charge is -2.26. The van der Waals surface area contributed by atoms with Crippen LogP contribution in [0.5, 0.6) is 0 Å². The summed E-state index contributed by atoms with van der Waals surface area (Å²) in [6.07, 6.45) is 7.86. The lowest BCUT2D eigenvalue weighted by Crippen LogP contribution is -2.24. The van der Waals surface area contributed by atoms with Crippen LogP contribution in [0.3, 0.4) is 0 Å². The van der Waals surface area contributed by atoms with Crippen molar-refractivity contribution < 1.29 is 0 Å². The molecular weight excluding hydrogens is 504 g/mol. The average molecular weight is 545 g/mol. The van der Waals surface area contributed by atoms with E-state index in [0.29, 0.717) is 0 Å². The molecule has 0 radical (unpaired) electrons. The van der Waals surface area contributed by atoms with Crippen molar-refractivity contribution in [3.8, 4) is 0 Å². The van der Waals surface area contributed by atoms with Gasteiger partial charge in [-0.3, -0.25) is 4.99 Å². The number of nitrogens with one attached hydrogen (secondary N) is 1. The molecule has 0 fully saturated rings. The Balaban J connectivity index is 1.56. The highest BCUT2D eigenvalue weighted by molar-refractivity contribution is 5.83. The van der Waals surface area contributed by atoms with Gasteiger partial charge in [0.05, 0.1) is 23.8 Å². The number of aromatic nitrogens is 1. The van der Waals surface area contributed by atoms with Crippen LogP contribution in [0.1, 0.15) is 47.6 Å². The summed E-state index contributed by atoms with van der Waals surface area (Å²) in [6, 6.07) is 26.4. The van der Waals surface area contributed by atoms with Crippen LogP contribution in [-0.2, 0) is 6.42 Å². The molecular formula is C35H40N6. The quantitative estimate of drug-likeness (QED) is 0.220. The highest BCUT2D eigenvalue weighted by atomic mass is 15.3. The van der Waals surface area contributed by atoms with Crippen LogP contribution in [0.2, 0.25) is 0 Å². The van der Waals surface area contributed by atoms with E-state index in [0.717, 1.165) is 48.6 Å². The van der Waals surface area contributed by atoms with E-state index in [1.54, 1.807) is 12.3 Å². The molecule has 6 heteroatoms. The maximum absolute atomic E-state index is 5.41. The third-order valence-corrected chi connectivity index (χ3v) is 7.77. The monoisotopic (exact) mass is 544 g/mol. The Kier molecular flexibility index (Phi) is 8.68. The van der Waals surface area contributed by atoms with Crippen LogP contribution in [-0.4, -0.2) is 42.9 Å². The molecule has 1 unspecified atom stereocenters. The number of allylic oxidation sites excluding steroid dienone is 2. The fraction of sp³-hybridized carbons (Fsp3) is 0.257. The van der Waals surface area contributed by atoms with Gasteiger partial charge in [0.2, 0.25) is 0 Å². The molecule has 6 nitrogen and oxygen atoms in total. The Bertz CT molecular complexity index is 1560. The third-order valence-electron chi connectivity index (χ3n) is 7.77. The number of hydrogen-bond donors (Lipinski definition) is 2. The van der Waals surface area contributed by atoms with Gasteiger partial charge in [-0.1, -0.05) is 48.0 Å². The van der Waals surface area contributed by atoms with Gasteiger partial charge in [-0.15, -0.1) is 0 Å². The molecule has 2 heterocycles. The fourth-order valence-electron chi connectivity index (χ4n) is 5.52. The molecule has 5 rings (SSSR count). The first-order valence-corrected chi connectivity index (χ1v) is 14.4. The van der Waals surface area contributed by atoms with Crippen LogP contribution in [0.25, 0.3) is 10.9 Å². The maximum Gasteiger partial charge on any atom is 0.132 e. The minimum absolute atomic E-state index is 0.133. The van der Waals surface area contributed by atoms with Gasteiger partial charge in [-0.05, 0) is 85.6 Å². The van der Waals surface area contributed by atoms with Crippen LogP contribution in [0.4, 0.5) is 11.5 Å². The van der Waals surface area contributed by atoms with Crippen molar-refractivity contribution in [2.75, 3.05) is 31.7 Å². The Morgan fingerprint density at radius 3 is 2.39 bits per heavy atom. The number of aryl methyl sites for hydroxylation is 1. The molecule has 210 valence electrons. The van der Waals surface area contributed by atoms with Crippen LogP contribution >= 0.6 is 0 Å². The number of nitrogens with zero attached hydrogens (tertiary/aromatic N) is 4. The summed E-state index contributed by atoms with van der Waals surface area (Å²) in [7, 11) is 2.15. The molecule has 1 aromatic heterocycles. The Morgan fingerprint density at radius 2 is 1.73 bits per heavy atom. The zero-order chi connectivity index (χ0) is 28.8. The summed E-state index contributed by atoms with van der Waals surface area (Å²) in [5, 5.41) is 4.57. The van der Waals surface area contributed by atoms with Crippen molar-refractivity contribution in [1.82, 2.24) is 15.2 Å². The molecule has 0 saturated heterocycles. The highest BCUT2D eigenvalue weighted by Crippen LogP contribution is 2.36. The summed E-state index contributed by atoms with van der Waals surface area (Å²) < 4.78 is 0. The largest absolute Gasteiger partial charge is 0.405 e. The summed E-state index contributed by atoms with van der Waals surface area (Å²) in [6.45, 7) is 9.15. The van der Waals surface area contributed by atoms with Crippen molar-refractivity contribution in [3.63, 3.8) is 0 Å². The van der Waals surface area contributed by atoms with Gasteiger partial charge >= 0.3 is 0 Å². The van der Waals surface area contributed by atoms with E-state index in [9.17, 15) is 0 Å². The standard InChI is InChI=1S/C35H40N6/c1-5-41(6-2)35-30(20-26-10-15-31(16-11-26)38-19-7-18-36)22-29-21-28(14-17-32(29)39-35)34(33-23-37-24-40(33)4)27-12-8-25(3)9-13-27/h7-19,21-23,34,37H,5-6,20,24,36H2,1-4H3. The molecule has 1 aliphatic heterocycles. The summed E-state index contributed by atoms with van der Waals surface area (Å²) in [4.78, 5) is 14.3. The van der Waals surface area contributed by atoms with Crippen LogP contribution in [0, 0.1) is 6.92 Å². The van der Waals surface area contributed by atoms with E-state index in [1.807, 2.05) is 12.1 Å². The molecule has 3 aromatic carbocycles. The van der Waals surface area contributed by atoms with Crippen molar-refractivity contribution in [1.29, 1.82) is 0 Å². The van der Waals surface area contributed by atoms with Crippen LogP contribution in [0.15, 0.2) is 102 Å². The fourth-order valence-corrected chi connectivity index (χ4v) is 5.52. The minimum Gasteiger partial charge on any atom is -0.405 e. The smallest absolute Gasteiger partial charge is 0.132 e. The maximum atomic E-state index is 5.41. The van der Waals surface area contributed by atoms with Gasteiger partial charge < -0.3 is 20.9 Å². The SMILES string of the molecule is CCN(CC)c1nc2ccc(C(C3=CNCN3C)c3ccc(C)cc3)cc2cc1Cc1ccc(N=CC=CN)cc1. The zero-order valence-corrected chi connectivity index (χ0v) is 24.5. The van der Waals surface area contributed by atoms with Gasteiger partial charge in [0.25, 0.3) is 0 Å². The van der Waals surface area contributed by atoms with Gasteiger partial charge in [-0.25, -0.2) is 4.98 Å². The van der Waals surface area contributed by atoms with Crippen molar-refractivity contribution in [2.24, 2.45) is 10.7 Å². The molecule has 41 heavy (non-hydrogen) atoms.